The van der Waals surface area contributed by atoms with E-state index in [1.807, 2.05) is 0 Å². The summed E-state index contributed by atoms with van der Waals surface area (Å²) >= 11 is 0. The Kier molecular flexibility index (Phi) is 2.75. The van der Waals surface area contributed by atoms with Gasteiger partial charge >= 0.3 is 0 Å². The Morgan fingerprint density at radius 1 is 1.43 bits per heavy atom. The number of hydrogen-bond acceptors (Lipinski definition) is 5. The van der Waals surface area contributed by atoms with Gasteiger partial charge in [-0.05, 0) is 20.8 Å². The van der Waals surface area contributed by atoms with Gasteiger partial charge in [0.1, 0.15) is 16.5 Å². The topological polar surface area (TPSA) is 85.9 Å². The Morgan fingerprint density at radius 2 is 2.00 bits per heavy atom. The normalized spacial score (nSPS) is 12.0. The zero-order chi connectivity index (χ0) is 10.9. The van der Waals surface area contributed by atoms with E-state index in [0.717, 1.165) is 0 Å². The van der Waals surface area contributed by atoms with Crippen LogP contribution < -0.4 is 5.73 Å². The number of nitrogens with two attached hydrogens (primary N) is 1. The SMILES string of the molecule is Cc1ncc(S(=O)(=O)C(C)C)c(N)n1. The molecule has 5 nitrogen and oxygen atoms in total. The minimum atomic E-state index is -3.37. The molecular weight excluding hydrogens is 202 g/mol. The molecule has 1 aromatic rings. The van der Waals surface area contributed by atoms with Gasteiger partial charge in [0, 0.05) is 0 Å². The average Bonchev–Trinajstić information content (AvgIpc) is 2.02. The molecule has 0 amide bonds. The Morgan fingerprint density at radius 3 is 2.43 bits per heavy atom. The number of anilines is 1. The van der Waals surface area contributed by atoms with Crippen LogP contribution in [0.3, 0.4) is 0 Å². The molecule has 0 saturated heterocycles. The fourth-order valence-electron chi connectivity index (χ4n) is 0.950. The van der Waals surface area contributed by atoms with Crippen LogP contribution in [0.15, 0.2) is 11.1 Å². The van der Waals surface area contributed by atoms with Crippen LogP contribution in [-0.2, 0) is 9.84 Å². The van der Waals surface area contributed by atoms with Crippen molar-refractivity contribution in [3.63, 3.8) is 0 Å². The highest BCUT2D eigenvalue weighted by atomic mass is 32.2. The van der Waals surface area contributed by atoms with Gasteiger partial charge in [0.05, 0.1) is 11.4 Å². The van der Waals surface area contributed by atoms with Crippen molar-refractivity contribution >= 4 is 15.7 Å². The van der Waals surface area contributed by atoms with Gasteiger partial charge in [0.25, 0.3) is 0 Å². The third-order valence-electron chi connectivity index (χ3n) is 1.83. The average molecular weight is 215 g/mol. The first kappa shape index (κ1) is 10.9. The lowest BCUT2D eigenvalue weighted by molar-refractivity contribution is 0.587. The third-order valence-corrected chi connectivity index (χ3v) is 4.00. The van der Waals surface area contributed by atoms with Crippen molar-refractivity contribution in [3.8, 4) is 0 Å². The number of sulfone groups is 1. The van der Waals surface area contributed by atoms with Gasteiger partial charge in [0.2, 0.25) is 0 Å². The molecule has 0 bridgehead atoms. The standard InChI is InChI=1S/C8H13N3O2S/c1-5(2)14(12,13)7-4-10-6(3)11-8(7)9/h4-5H,1-3H3,(H2,9,10,11). The maximum Gasteiger partial charge on any atom is 0.185 e. The largest absolute Gasteiger partial charge is 0.383 e. The van der Waals surface area contributed by atoms with Crippen LogP contribution in [0.5, 0.6) is 0 Å². The summed E-state index contributed by atoms with van der Waals surface area (Å²) in [7, 11) is -3.37. The van der Waals surface area contributed by atoms with Crippen molar-refractivity contribution in [1.29, 1.82) is 0 Å². The summed E-state index contributed by atoms with van der Waals surface area (Å²) < 4.78 is 23.4. The fourth-order valence-corrected chi connectivity index (χ4v) is 1.99. The number of rotatable bonds is 2. The molecule has 0 radical (unpaired) electrons. The smallest absolute Gasteiger partial charge is 0.185 e. The second-order valence-corrected chi connectivity index (χ2v) is 5.73. The van der Waals surface area contributed by atoms with Gasteiger partial charge in [-0.1, -0.05) is 0 Å². The van der Waals surface area contributed by atoms with Crippen LogP contribution in [0.2, 0.25) is 0 Å². The minimum absolute atomic E-state index is 0.0121. The van der Waals surface area contributed by atoms with E-state index in [-0.39, 0.29) is 10.7 Å². The maximum atomic E-state index is 11.7. The van der Waals surface area contributed by atoms with Crippen LogP contribution in [-0.4, -0.2) is 23.6 Å². The van der Waals surface area contributed by atoms with Crippen molar-refractivity contribution in [2.24, 2.45) is 0 Å². The third kappa shape index (κ3) is 1.84. The Balaban J connectivity index is 3.35. The molecule has 1 heterocycles. The van der Waals surface area contributed by atoms with Crippen molar-refractivity contribution in [2.75, 3.05) is 5.73 Å². The maximum absolute atomic E-state index is 11.7. The van der Waals surface area contributed by atoms with E-state index in [1.165, 1.54) is 6.20 Å². The van der Waals surface area contributed by atoms with Crippen molar-refractivity contribution in [2.45, 2.75) is 30.9 Å². The molecule has 1 aromatic heterocycles. The molecule has 0 aliphatic heterocycles. The van der Waals surface area contributed by atoms with Crippen molar-refractivity contribution in [3.05, 3.63) is 12.0 Å². The molecule has 1 rings (SSSR count). The molecule has 0 aliphatic carbocycles. The highest BCUT2D eigenvalue weighted by Crippen LogP contribution is 2.19. The number of nitrogen functional groups attached to an aromatic ring is 1. The highest BCUT2D eigenvalue weighted by molar-refractivity contribution is 7.92. The summed E-state index contributed by atoms with van der Waals surface area (Å²) in [5.74, 6) is 0.483. The summed E-state index contributed by atoms with van der Waals surface area (Å²) in [6.07, 6.45) is 1.26. The first-order chi connectivity index (χ1) is 6.35. The lowest BCUT2D eigenvalue weighted by Crippen LogP contribution is -2.17. The van der Waals surface area contributed by atoms with Crippen LogP contribution in [0.25, 0.3) is 0 Å². The Hall–Kier alpha value is -1.17. The van der Waals surface area contributed by atoms with Crippen LogP contribution >= 0.6 is 0 Å². The lowest BCUT2D eigenvalue weighted by atomic mass is 10.5. The van der Waals surface area contributed by atoms with Gasteiger partial charge in [0.15, 0.2) is 9.84 Å². The summed E-state index contributed by atoms with van der Waals surface area (Å²) in [5.41, 5.74) is 5.52. The molecule has 0 aromatic carbocycles. The second-order valence-electron chi connectivity index (χ2n) is 3.26. The van der Waals surface area contributed by atoms with E-state index in [4.69, 9.17) is 5.73 Å². The Bertz CT molecular complexity index is 440. The molecule has 0 saturated carbocycles. The fraction of sp³-hybridized carbons (Fsp3) is 0.500. The molecule has 14 heavy (non-hydrogen) atoms. The molecule has 6 heteroatoms. The molecule has 0 unspecified atom stereocenters. The molecular formula is C8H13N3O2S. The first-order valence-electron chi connectivity index (χ1n) is 4.18. The van der Waals surface area contributed by atoms with Crippen LogP contribution in [0, 0.1) is 6.92 Å². The minimum Gasteiger partial charge on any atom is -0.383 e. The van der Waals surface area contributed by atoms with Gasteiger partial charge in [-0.2, -0.15) is 0 Å². The predicted octanol–water partition coefficient (Wildman–Crippen LogP) is 0.549. The lowest BCUT2D eigenvalue weighted by Gasteiger charge is -2.09. The monoisotopic (exact) mass is 215 g/mol. The van der Waals surface area contributed by atoms with Crippen LogP contribution in [0.1, 0.15) is 19.7 Å². The number of nitrogens with zero attached hydrogens (tertiary/aromatic N) is 2. The van der Waals surface area contributed by atoms with E-state index in [0.29, 0.717) is 5.82 Å². The van der Waals surface area contributed by atoms with Gasteiger partial charge in [-0.3, -0.25) is 0 Å². The molecule has 0 aliphatic rings. The molecule has 0 fully saturated rings. The summed E-state index contributed by atoms with van der Waals surface area (Å²) in [4.78, 5) is 7.64. The van der Waals surface area contributed by atoms with Crippen molar-refractivity contribution in [1.82, 2.24) is 9.97 Å². The van der Waals surface area contributed by atoms with Gasteiger partial charge < -0.3 is 5.73 Å². The van der Waals surface area contributed by atoms with Crippen LogP contribution in [0.4, 0.5) is 5.82 Å². The zero-order valence-electron chi connectivity index (χ0n) is 8.35. The first-order valence-corrected chi connectivity index (χ1v) is 5.73. The summed E-state index contributed by atoms with van der Waals surface area (Å²) in [6.45, 7) is 4.84. The van der Waals surface area contributed by atoms with E-state index < -0.39 is 15.1 Å². The molecule has 0 spiro atoms. The molecule has 0 atom stereocenters. The number of aryl methyl sites for hydroxylation is 1. The summed E-state index contributed by atoms with van der Waals surface area (Å²) in [6, 6.07) is 0. The summed E-state index contributed by atoms with van der Waals surface area (Å²) in [5, 5.41) is -0.517. The van der Waals surface area contributed by atoms with E-state index in [2.05, 4.69) is 9.97 Å². The molecule has 2 N–H and O–H groups in total. The predicted molar refractivity (Wildman–Crippen MR) is 53.5 cm³/mol. The van der Waals surface area contributed by atoms with Gasteiger partial charge in [-0.25, -0.2) is 18.4 Å². The number of hydrogen-bond donors (Lipinski definition) is 1. The number of aromatic nitrogens is 2. The van der Waals surface area contributed by atoms with E-state index >= 15 is 0 Å². The van der Waals surface area contributed by atoms with E-state index in [1.54, 1.807) is 20.8 Å². The Labute approximate surface area is 83.3 Å². The van der Waals surface area contributed by atoms with Crippen molar-refractivity contribution < 1.29 is 8.42 Å². The highest BCUT2D eigenvalue weighted by Gasteiger charge is 2.22. The second kappa shape index (κ2) is 3.53. The van der Waals surface area contributed by atoms with E-state index in [9.17, 15) is 8.42 Å². The van der Waals surface area contributed by atoms with Gasteiger partial charge in [-0.15, -0.1) is 0 Å². The molecule has 78 valence electrons. The quantitative estimate of drug-likeness (QED) is 0.778. The zero-order valence-corrected chi connectivity index (χ0v) is 9.17.